The molecule has 7 heteroatoms. The first-order chi connectivity index (χ1) is 11.9. The van der Waals surface area contributed by atoms with Crippen molar-refractivity contribution in [3.05, 3.63) is 34.9 Å². The lowest BCUT2D eigenvalue weighted by atomic mass is 9.96. The predicted molar refractivity (Wildman–Crippen MR) is 98.9 cm³/mol. The van der Waals surface area contributed by atoms with Gasteiger partial charge in [0.2, 0.25) is 11.8 Å². The van der Waals surface area contributed by atoms with Crippen LogP contribution in [0.4, 0.5) is 0 Å². The van der Waals surface area contributed by atoms with Crippen LogP contribution in [-0.2, 0) is 16.1 Å². The second-order valence-electron chi connectivity index (χ2n) is 6.70. The molecule has 1 aliphatic rings. The highest BCUT2D eigenvalue weighted by atomic mass is 35.5. The molecule has 0 spiro atoms. The third kappa shape index (κ3) is 7.02. The monoisotopic (exact) mass is 366 g/mol. The lowest BCUT2D eigenvalue weighted by Gasteiger charge is -2.32. The van der Waals surface area contributed by atoms with Crippen LogP contribution < -0.4 is 16.8 Å². The molecule has 1 aliphatic heterocycles. The number of likely N-dealkylation sites (tertiary alicyclic amines) is 1. The first-order valence-corrected chi connectivity index (χ1v) is 9.10. The molecule has 138 valence electrons. The van der Waals surface area contributed by atoms with Gasteiger partial charge in [0, 0.05) is 24.5 Å². The molecule has 0 aliphatic carbocycles. The van der Waals surface area contributed by atoms with Gasteiger partial charge in [-0.05, 0) is 56.0 Å². The first-order valence-electron chi connectivity index (χ1n) is 8.72. The van der Waals surface area contributed by atoms with Crippen molar-refractivity contribution in [2.45, 2.75) is 38.3 Å². The van der Waals surface area contributed by atoms with E-state index in [-0.39, 0.29) is 12.3 Å². The summed E-state index contributed by atoms with van der Waals surface area (Å²) >= 11 is 5.91. The third-order valence-corrected chi connectivity index (χ3v) is 4.88. The minimum absolute atomic E-state index is 0.137. The second-order valence-corrected chi connectivity index (χ2v) is 7.14. The van der Waals surface area contributed by atoms with Crippen molar-refractivity contribution < 1.29 is 9.59 Å². The van der Waals surface area contributed by atoms with Crippen molar-refractivity contribution >= 4 is 23.4 Å². The molecule has 1 unspecified atom stereocenters. The Labute approximate surface area is 153 Å². The molecule has 1 heterocycles. The van der Waals surface area contributed by atoms with E-state index in [9.17, 15) is 9.59 Å². The number of nitrogens with one attached hydrogen (secondary N) is 1. The van der Waals surface area contributed by atoms with E-state index in [0.29, 0.717) is 18.9 Å². The molecule has 5 N–H and O–H groups in total. The van der Waals surface area contributed by atoms with Crippen molar-refractivity contribution in [1.82, 2.24) is 10.2 Å². The second kappa shape index (κ2) is 9.75. The van der Waals surface area contributed by atoms with Crippen LogP contribution in [0.15, 0.2) is 24.3 Å². The Hall–Kier alpha value is -1.63. The van der Waals surface area contributed by atoms with E-state index in [1.165, 1.54) is 5.56 Å². The number of hydrogen-bond acceptors (Lipinski definition) is 4. The van der Waals surface area contributed by atoms with Gasteiger partial charge in [-0.15, -0.1) is 0 Å². The Balaban J connectivity index is 1.65. The molecule has 0 bridgehead atoms. The average molecular weight is 367 g/mol. The third-order valence-electron chi connectivity index (χ3n) is 4.63. The summed E-state index contributed by atoms with van der Waals surface area (Å²) < 4.78 is 0. The number of rotatable bonds is 8. The van der Waals surface area contributed by atoms with Crippen LogP contribution in [0, 0.1) is 5.92 Å². The Kier molecular flexibility index (Phi) is 7.68. The highest BCUT2D eigenvalue weighted by molar-refractivity contribution is 6.30. The molecule has 25 heavy (non-hydrogen) atoms. The molecule has 2 amide bonds. The number of hydrogen-bond donors (Lipinski definition) is 3. The zero-order valence-corrected chi connectivity index (χ0v) is 15.2. The van der Waals surface area contributed by atoms with E-state index in [0.717, 1.165) is 37.5 Å². The molecule has 0 saturated carbocycles. The Morgan fingerprint density at radius 2 is 1.88 bits per heavy atom. The fraction of sp³-hybridized carbons (Fsp3) is 0.556. The standard InChI is InChI=1S/C18H27ClN4O2/c19-15-3-1-14(2-4-15)12-23-9-7-13(8-10-23)11-22-18(25)16(20)5-6-17(21)24/h1-4,13,16H,5-12,20H2,(H2,21,24)(H,22,25). The van der Waals surface area contributed by atoms with Crippen molar-refractivity contribution in [3.63, 3.8) is 0 Å². The molecule has 1 saturated heterocycles. The number of primary amides is 1. The minimum Gasteiger partial charge on any atom is -0.370 e. The quantitative estimate of drug-likeness (QED) is 0.644. The Morgan fingerprint density at radius 3 is 2.48 bits per heavy atom. The molecular formula is C18H27ClN4O2. The normalized spacial score (nSPS) is 17.2. The van der Waals surface area contributed by atoms with E-state index in [1.54, 1.807) is 0 Å². The van der Waals surface area contributed by atoms with E-state index in [1.807, 2.05) is 12.1 Å². The topological polar surface area (TPSA) is 101 Å². The van der Waals surface area contributed by atoms with E-state index in [4.69, 9.17) is 23.1 Å². The number of carbonyl (C=O) groups excluding carboxylic acids is 2. The summed E-state index contributed by atoms with van der Waals surface area (Å²) in [6.45, 7) is 3.58. The number of piperidine rings is 1. The SMILES string of the molecule is NC(=O)CCC(N)C(=O)NCC1CCN(Cc2ccc(Cl)cc2)CC1. The van der Waals surface area contributed by atoms with Crippen molar-refractivity contribution in [1.29, 1.82) is 0 Å². The van der Waals surface area contributed by atoms with E-state index < -0.39 is 11.9 Å². The van der Waals surface area contributed by atoms with Crippen LogP contribution in [-0.4, -0.2) is 42.4 Å². The van der Waals surface area contributed by atoms with Gasteiger partial charge in [-0.3, -0.25) is 14.5 Å². The highest BCUT2D eigenvalue weighted by Crippen LogP contribution is 2.19. The fourth-order valence-corrected chi connectivity index (χ4v) is 3.13. The Morgan fingerprint density at radius 1 is 1.24 bits per heavy atom. The average Bonchev–Trinajstić information content (AvgIpc) is 2.60. The van der Waals surface area contributed by atoms with Gasteiger partial charge in [-0.1, -0.05) is 23.7 Å². The highest BCUT2D eigenvalue weighted by Gasteiger charge is 2.21. The van der Waals surface area contributed by atoms with Gasteiger partial charge in [0.05, 0.1) is 6.04 Å². The summed E-state index contributed by atoms with van der Waals surface area (Å²) in [5.74, 6) is -0.171. The van der Waals surface area contributed by atoms with Crippen LogP contribution >= 0.6 is 11.6 Å². The van der Waals surface area contributed by atoms with Crippen molar-refractivity contribution in [2.75, 3.05) is 19.6 Å². The minimum atomic E-state index is -0.669. The summed E-state index contributed by atoms with van der Waals surface area (Å²) in [7, 11) is 0. The summed E-state index contributed by atoms with van der Waals surface area (Å²) in [6.07, 6.45) is 2.52. The zero-order valence-electron chi connectivity index (χ0n) is 14.4. The van der Waals surface area contributed by atoms with E-state index in [2.05, 4.69) is 22.3 Å². The maximum Gasteiger partial charge on any atom is 0.236 e. The molecule has 6 nitrogen and oxygen atoms in total. The van der Waals surface area contributed by atoms with Crippen LogP contribution in [0.1, 0.15) is 31.2 Å². The van der Waals surface area contributed by atoms with Crippen LogP contribution in [0.2, 0.25) is 5.02 Å². The van der Waals surface area contributed by atoms with Gasteiger partial charge in [0.1, 0.15) is 0 Å². The molecular weight excluding hydrogens is 340 g/mol. The predicted octanol–water partition coefficient (Wildman–Crippen LogP) is 1.26. The number of halogens is 1. The smallest absolute Gasteiger partial charge is 0.236 e. The molecule has 1 atom stereocenters. The summed E-state index contributed by atoms with van der Waals surface area (Å²) in [4.78, 5) is 25.1. The van der Waals surface area contributed by atoms with Gasteiger partial charge in [-0.25, -0.2) is 0 Å². The van der Waals surface area contributed by atoms with Gasteiger partial charge >= 0.3 is 0 Å². The maximum absolute atomic E-state index is 11.9. The lowest BCUT2D eigenvalue weighted by molar-refractivity contribution is -0.123. The van der Waals surface area contributed by atoms with Gasteiger partial charge in [0.15, 0.2) is 0 Å². The summed E-state index contributed by atoms with van der Waals surface area (Å²) in [6, 6.07) is 7.28. The van der Waals surface area contributed by atoms with Gasteiger partial charge in [-0.2, -0.15) is 0 Å². The number of amides is 2. The Bertz CT molecular complexity index is 571. The molecule has 0 aromatic heterocycles. The van der Waals surface area contributed by atoms with Crippen LogP contribution in [0.5, 0.6) is 0 Å². The molecule has 1 aromatic rings. The number of nitrogens with zero attached hydrogens (tertiary/aromatic N) is 1. The van der Waals surface area contributed by atoms with Gasteiger partial charge in [0.25, 0.3) is 0 Å². The lowest BCUT2D eigenvalue weighted by Crippen LogP contribution is -2.44. The molecule has 1 fully saturated rings. The molecule has 2 rings (SSSR count). The van der Waals surface area contributed by atoms with Gasteiger partial charge < -0.3 is 16.8 Å². The zero-order chi connectivity index (χ0) is 18.2. The van der Waals surface area contributed by atoms with Crippen molar-refractivity contribution in [2.24, 2.45) is 17.4 Å². The first kappa shape index (κ1) is 19.7. The maximum atomic E-state index is 11.9. The summed E-state index contributed by atoms with van der Waals surface area (Å²) in [5.41, 5.74) is 12.1. The van der Waals surface area contributed by atoms with Crippen LogP contribution in [0.3, 0.4) is 0 Å². The number of benzene rings is 1. The number of carbonyl (C=O) groups is 2. The van der Waals surface area contributed by atoms with Crippen LogP contribution in [0.25, 0.3) is 0 Å². The largest absolute Gasteiger partial charge is 0.370 e. The summed E-state index contributed by atoms with van der Waals surface area (Å²) in [5, 5.41) is 3.65. The number of nitrogens with two attached hydrogens (primary N) is 2. The van der Waals surface area contributed by atoms with E-state index >= 15 is 0 Å². The molecule has 0 radical (unpaired) electrons. The molecule has 1 aromatic carbocycles. The van der Waals surface area contributed by atoms with Crippen molar-refractivity contribution in [3.8, 4) is 0 Å². The fourth-order valence-electron chi connectivity index (χ4n) is 3.00.